The van der Waals surface area contributed by atoms with Gasteiger partial charge in [0.2, 0.25) is 0 Å². The Labute approximate surface area is 124 Å². The number of hydrogen-bond donors (Lipinski definition) is 1. The molecule has 0 amide bonds. The second kappa shape index (κ2) is 6.25. The molecule has 1 N–H and O–H groups in total. The summed E-state index contributed by atoms with van der Waals surface area (Å²) < 4.78 is 7.38. The Balaban J connectivity index is 2.07. The normalized spacial score (nSPS) is 10.2. The molecule has 4 heteroatoms. The van der Waals surface area contributed by atoms with Crippen LogP contribution in [0, 0.1) is 0 Å². The zero-order valence-corrected chi connectivity index (χ0v) is 13.1. The van der Waals surface area contributed by atoms with E-state index in [9.17, 15) is 0 Å². The molecule has 0 spiro atoms. The van der Waals surface area contributed by atoms with Crippen molar-refractivity contribution in [1.82, 2.24) is 0 Å². The predicted octanol–water partition coefficient (Wildman–Crippen LogP) is 4.83. The van der Waals surface area contributed by atoms with Gasteiger partial charge in [0, 0.05) is 21.2 Å². The van der Waals surface area contributed by atoms with E-state index in [0.717, 1.165) is 32.5 Å². The molecule has 2 aromatic rings. The smallest absolute Gasteiger partial charge is 0.119 e. The standard InChI is InChI=1S/C14H13Br2NO/c1-18-13-6-7-14(16)10(8-13)9-17-12-4-2-11(15)3-5-12/h2-8,17H,9H2,1H3. The minimum absolute atomic E-state index is 0.749. The van der Waals surface area contributed by atoms with E-state index in [-0.39, 0.29) is 0 Å². The molecule has 2 aromatic carbocycles. The molecule has 0 saturated heterocycles. The number of methoxy groups -OCH3 is 1. The summed E-state index contributed by atoms with van der Waals surface area (Å²) in [5, 5.41) is 3.37. The van der Waals surface area contributed by atoms with Crippen molar-refractivity contribution in [2.75, 3.05) is 12.4 Å². The Bertz CT molecular complexity index is 526. The van der Waals surface area contributed by atoms with Crippen LogP contribution in [0.4, 0.5) is 5.69 Å². The molecule has 0 bridgehead atoms. The molecule has 0 radical (unpaired) electrons. The summed E-state index contributed by atoms with van der Waals surface area (Å²) in [6.45, 7) is 0.749. The van der Waals surface area contributed by atoms with Crippen LogP contribution >= 0.6 is 31.9 Å². The second-order valence-electron chi connectivity index (χ2n) is 3.82. The van der Waals surface area contributed by atoms with Crippen molar-refractivity contribution in [1.29, 1.82) is 0 Å². The molecule has 0 heterocycles. The average Bonchev–Trinajstić information content (AvgIpc) is 2.40. The van der Waals surface area contributed by atoms with E-state index in [4.69, 9.17) is 4.74 Å². The van der Waals surface area contributed by atoms with Gasteiger partial charge in [0.15, 0.2) is 0 Å². The zero-order chi connectivity index (χ0) is 13.0. The molecule has 0 aromatic heterocycles. The van der Waals surface area contributed by atoms with Crippen LogP contribution in [-0.2, 0) is 6.54 Å². The van der Waals surface area contributed by atoms with E-state index in [1.807, 2.05) is 42.5 Å². The van der Waals surface area contributed by atoms with Gasteiger partial charge in [0.1, 0.15) is 5.75 Å². The molecule has 0 unspecified atom stereocenters. The number of ether oxygens (including phenoxy) is 1. The minimum Gasteiger partial charge on any atom is -0.497 e. The Morgan fingerprint density at radius 1 is 1.06 bits per heavy atom. The number of rotatable bonds is 4. The topological polar surface area (TPSA) is 21.3 Å². The van der Waals surface area contributed by atoms with Crippen LogP contribution in [0.25, 0.3) is 0 Å². The minimum atomic E-state index is 0.749. The summed E-state index contributed by atoms with van der Waals surface area (Å²) in [6, 6.07) is 14.1. The summed E-state index contributed by atoms with van der Waals surface area (Å²) in [4.78, 5) is 0. The Kier molecular flexibility index (Phi) is 4.66. The van der Waals surface area contributed by atoms with Gasteiger partial charge in [-0.05, 0) is 48.0 Å². The molecular formula is C14H13Br2NO. The summed E-state index contributed by atoms with van der Waals surface area (Å²) in [7, 11) is 1.68. The molecule has 0 aliphatic rings. The third kappa shape index (κ3) is 3.50. The van der Waals surface area contributed by atoms with Gasteiger partial charge in [-0.3, -0.25) is 0 Å². The highest BCUT2D eigenvalue weighted by atomic mass is 79.9. The first kappa shape index (κ1) is 13.4. The molecule has 2 nitrogen and oxygen atoms in total. The lowest BCUT2D eigenvalue weighted by Crippen LogP contribution is -2.00. The SMILES string of the molecule is COc1ccc(Br)c(CNc2ccc(Br)cc2)c1. The van der Waals surface area contributed by atoms with Gasteiger partial charge in [-0.25, -0.2) is 0 Å². The fourth-order valence-electron chi connectivity index (χ4n) is 1.58. The Hall–Kier alpha value is -1.00. The second-order valence-corrected chi connectivity index (χ2v) is 5.59. The van der Waals surface area contributed by atoms with Gasteiger partial charge >= 0.3 is 0 Å². The van der Waals surface area contributed by atoms with E-state index in [1.54, 1.807) is 7.11 Å². The van der Waals surface area contributed by atoms with Crippen molar-refractivity contribution in [2.45, 2.75) is 6.54 Å². The van der Waals surface area contributed by atoms with Crippen molar-refractivity contribution in [3.63, 3.8) is 0 Å². The monoisotopic (exact) mass is 369 g/mol. The van der Waals surface area contributed by atoms with Crippen LogP contribution in [-0.4, -0.2) is 7.11 Å². The van der Waals surface area contributed by atoms with Gasteiger partial charge in [-0.1, -0.05) is 31.9 Å². The van der Waals surface area contributed by atoms with E-state index in [2.05, 4.69) is 37.2 Å². The van der Waals surface area contributed by atoms with Crippen LogP contribution in [0.5, 0.6) is 5.75 Å². The molecule has 18 heavy (non-hydrogen) atoms. The average molecular weight is 371 g/mol. The van der Waals surface area contributed by atoms with Crippen LogP contribution in [0.15, 0.2) is 51.4 Å². The van der Waals surface area contributed by atoms with E-state index >= 15 is 0 Å². The van der Waals surface area contributed by atoms with Crippen molar-refractivity contribution in [2.24, 2.45) is 0 Å². The van der Waals surface area contributed by atoms with Crippen LogP contribution in [0.3, 0.4) is 0 Å². The van der Waals surface area contributed by atoms with Gasteiger partial charge < -0.3 is 10.1 Å². The third-order valence-corrected chi connectivity index (χ3v) is 3.88. The molecular weight excluding hydrogens is 358 g/mol. The quantitative estimate of drug-likeness (QED) is 0.831. The molecule has 94 valence electrons. The first-order valence-corrected chi connectivity index (χ1v) is 7.09. The lowest BCUT2D eigenvalue weighted by Gasteiger charge is -2.10. The summed E-state index contributed by atoms with van der Waals surface area (Å²) in [5.74, 6) is 0.866. The van der Waals surface area contributed by atoms with Crippen molar-refractivity contribution in [3.05, 3.63) is 57.0 Å². The highest BCUT2D eigenvalue weighted by Crippen LogP contribution is 2.23. The Morgan fingerprint density at radius 2 is 1.78 bits per heavy atom. The fourth-order valence-corrected chi connectivity index (χ4v) is 2.23. The van der Waals surface area contributed by atoms with Gasteiger partial charge in [0.25, 0.3) is 0 Å². The van der Waals surface area contributed by atoms with Crippen LogP contribution < -0.4 is 10.1 Å². The number of nitrogens with one attached hydrogen (secondary N) is 1. The fraction of sp³-hybridized carbons (Fsp3) is 0.143. The van der Waals surface area contributed by atoms with E-state index in [1.165, 1.54) is 0 Å². The maximum atomic E-state index is 5.22. The molecule has 0 saturated carbocycles. The van der Waals surface area contributed by atoms with Gasteiger partial charge in [-0.2, -0.15) is 0 Å². The number of anilines is 1. The Morgan fingerprint density at radius 3 is 2.44 bits per heavy atom. The van der Waals surface area contributed by atoms with Crippen LogP contribution in [0.1, 0.15) is 5.56 Å². The highest BCUT2D eigenvalue weighted by molar-refractivity contribution is 9.10. The molecule has 2 rings (SSSR count). The lowest BCUT2D eigenvalue weighted by molar-refractivity contribution is 0.414. The summed E-state index contributed by atoms with van der Waals surface area (Å²) in [5.41, 5.74) is 2.25. The molecule has 0 aliphatic carbocycles. The molecule has 0 aliphatic heterocycles. The summed E-state index contributed by atoms with van der Waals surface area (Å²) in [6.07, 6.45) is 0. The van der Waals surface area contributed by atoms with Crippen LogP contribution in [0.2, 0.25) is 0 Å². The third-order valence-electron chi connectivity index (χ3n) is 2.58. The zero-order valence-electron chi connectivity index (χ0n) is 9.91. The first-order valence-electron chi connectivity index (χ1n) is 5.51. The van der Waals surface area contributed by atoms with E-state index < -0.39 is 0 Å². The van der Waals surface area contributed by atoms with Crippen molar-refractivity contribution in [3.8, 4) is 5.75 Å². The highest BCUT2D eigenvalue weighted by Gasteiger charge is 2.02. The summed E-state index contributed by atoms with van der Waals surface area (Å²) >= 11 is 6.96. The van der Waals surface area contributed by atoms with Crippen molar-refractivity contribution >= 4 is 37.5 Å². The van der Waals surface area contributed by atoms with E-state index in [0.29, 0.717) is 0 Å². The maximum absolute atomic E-state index is 5.22. The molecule has 0 atom stereocenters. The first-order chi connectivity index (χ1) is 8.69. The number of halogens is 2. The number of hydrogen-bond acceptors (Lipinski definition) is 2. The largest absolute Gasteiger partial charge is 0.497 e. The maximum Gasteiger partial charge on any atom is 0.119 e. The van der Waals surface area contributed by atoms with Crippen molar-refractivity contribution < 1.29 is 4.74 Å². The van der Waals surface area contributed by atoms with Gasteiger partial charge in [-0.15, -0.1) is 0 Å². The molecule has 0 fully saturated rings. The predicted molar refractivity (Wildman–Crippen MR) is 82.2 cm³/mol. The number of benzene rings is 2. The van der Waals surface area contributed by atoms with Gasteiger partial charge in [0.05, 0.1) is 7.11 Å². The lowest BCUT2D eigenvalue weighted by atomic mass is 10.2.